The molecule has 0 unspecified atom stereocenters. The topological polar surface area (TPSA) is 41.6 Å². The lowest BCUT2D eigenvalue weighted by Crippen LogP contribution is -2.19. The smallest absolute Gasteiger partial charge is 0.161 e. The Morgan fingerprint density at radius 2 is 1.70 bits per heavy atom. The van der Waals surface area contributed by atoms with Gasteiger partial charge in [0, 0.05) is 29.6 Å². The Balaban J connectivity index is 1.34. The highest BCUT2D eigenvalue weighted by molar-refractivity contribution is 5.82. The average Bonchev–Trinajstić information content (AvgIpc) is 3.16. The minimum Gasteiger partial charge on any atom is -0.342 e. The standard InChI is InChI=1S/C24H22F3N3/c1-13(24-29-22-11-19(26)20(27)12-23(22)30-24)14-2-4-15(5-3-14)17-8-9-28-21-7-6-16(25)10-18(17)21/h6-15H,2-5H2,1H3,(H,29,30)/t13-,14-,15-/m1/s1. The first-order valence-corrected chi connectivity index (χ1v) is 10.4. The fourth-order valence-electron chi connectivity index (χ4n) is 4.89. The molecule has 1 fully saturated rings. The van der Waals surface area contributed by atoms with E-state index in [1.54, 1.807) is 18.3 Å². The Hall–Kier alpha value is -2.89. The largest absolute Gasteiger partial charge is 0.342 e. The molecule has 4 aromatic rings. The molecule has 1 saturated carbocycles. The summed E-state index contributed by atoms with van der Waals surface area (Å²) in [4.78, 5) is 12.0. The maximum absolute atomic E-state index is 13.8. The number of aromatic nitrogens is 3. The highest BCUT2D eigenvalue weighted by atomic mass is 19.2. The molecule has 154 valence electrons. The maximum Gasteiger partial charge on any atom is 0.161 e. The third kappa shape index (κ3) is 3.34. The van der Waals surface area contributed by atoms with Gasteiger partial charge in [-0.2, -0.15) is 0 Å². The fraction of sp³-hybridized carbons (Fsp3) is 0.333. The molecule has 3 nitrogen and oxygen atoms in total. The molecule has 2 aromatic heterocycles. The monoisotopic (exact) mass is 409 g/mol. The zero-order valence-corrected chi connectivity index (χ0v) is 16.6. The first kappa shape index (κ1) is 19.1. The van der Waals surface area contributed by atoms with E-state index in [-0.39, 0.29) is 11.7 Å². The number of pyridine rings is 1. The summed E-state index contributed by atoms with van der Waals surface area (Å²) in [5.74, 6) is -0.245. The maximum atomic E-state index is 13.8. The van der Waals surface area contributed by atoms with E-state index in [2.05, 4.69) is 21.9 Å². The minimum atomic E-state index is -0.880. The van der Waals surface area contributed by atoms with Crippen LogP contribution >= 0.6 is 0 Å². The molecule has 0 radical (unpaired) electrons. The number of rotatable bonds is 3. The van der Waals surface area contributed by atoms with Gasteiger partial charge in [-0.3, -0.25) is 4.98 Å². The van der Waals surface area contributed by atoms with Crippen LogP contribution in [-0.2, 0) is 0 Å². The van der Waals surface area contributed by atoms with Crippen molar-refractivity contribution in [3.63, 3.8) is 0 Å². The molecule has 5 rings (SSSR count). The van der Waals surface area contributed by atoms with Gasteiger partial charge in [-0.15, -0.1) is 0 Å². The quantitative estimate of drug-likeness (QED) is 0.414. The van der Waals surface area contributed by atoms with Crippen LogP contribution in [0.1, 0.15) is 55.8 Å². The van der Waals surface area contributed by atoms with E-state index in [9.17, 15) is 13.2 Å². The van der Waals surface area contributed by atoms with Gasteiger partial charge in [0.1, 0.15) is 11.6 Å². The van der Waals surface area contributed by atoms with Crippen molar-refractivity contribution in [2.45, 2.75) is 44.4 Å². The normalized spacial score (nSPS) is 20.7. The Labute approximate surface area is 172 Å². The zero-order valence-electron chi connectivity index (χ0n) is 16.6. The van der Waals surface area contributed by atoms with Crippen LogP contribution in [0.2, 0.25) is 0 Å². The highest BCUT2D eigenvalue weighted by Crippen LogP contribution is 2.43. The van der Waals surface area contributed by atoms with E-state index in [0.29, 0.717) is 22.9 Å². The molecule has 1 aliphatic rings. The molecule has 0 bridgehead atoms. The molecule has 1 atom stereocenters. The summed E-state index contributed by atoms with van der Waals surface area (Å²) in [6, 6.07) is 9.08. The van der Waals surface area contributed by atoms with Crippen LogP contribution in [0.25, 0.3) is 21.9 Å². The number of nitrogens with zero attached hydrogens (tertiary/aromatic N) is 2. The lowest BCUT2D eigenvalue weighted by atomic mass is 9.73. The Bertz CT molecular complexity index is 1190. The van der Waals surface area contributed by atoms with E-state index >= 15 is 0 Å². The molecule has 2 heterocycles. The summed E-state index contributed by atoms with van der Waals surface area (Å²) in [5, 5.41) is 0.898. The molecule has 0 saturated heterocycles. The number of fused-ring (bicyclic) bond motifs is 2. The summed E-state index contributed by atoms with van der Waals surface area (Å²) in [5.41, 5.74) is 2.97. The molecule has 1 N–H and O–H groups in total. The Kier molecular flexibility index (Phi) is 4.72. The number of hydrogen-bond donors (Lipinski definition) is 1. The van der Waals surface area contributed by atoms with E-state index < -0.39 is 11.6 Å². The molecular weight excluding hydrogens is 387 g/mol. The van der Waals surface area contributed by atoms with Gasteiger partial charge in [-0.1, -0.05) is 6.92 Å². The van der Waals surface area contributed by atoms with Crippen molar-refractivity contribution in [2.24, 2.45) is 5.92 Å². The summed E-state index contributed by atoms with van der Waals surface area (Å²) in [6.45, 7) is 2.12. The second-order valence-corrected chi connectivity index (χ2v) is 8.37. The Morgan fingerprint density at radius 3 is 2.50 bits per heavy atom. The van der Waals surface area contributed by atoms with Crippen LogP contribution in [0.15, 0.2) is 42.6 Å². The first-order chi connectivity index (χ1) is 14.5. The van der Waals surface area contributed by atoms with Crippen LogP contribution in [0.5, 0.6) is 0 Å². The number of imidazole rings is 1. The molecule has 0 spiro atoms. The van der Waals surface area contributed by atoms with Crippen molar-refractivity contribution in [1.82, 2.24) is 15.0 Å². The summed E-state index contributed by atoms with van der Waals surface area (Å²) in [6.07, 6.45) is 5.86. The van der Waals surface area contributed by atoms with Gasteiger partial charge in [-0.05, 0) is 67.3 Å². The van der Waals surface area contributed by atoms with Crippen molar-refractivity contribution < 1.29 is 13.2 Å². The van der Waals surface area contributed by atoms with Crippen LogP contribution < -0.4 is 0 Å². The van der Waals surface area contributed by atoms with Crippen molar-refractivity contribution in [3.8, 4) is 0 Å². The molecule has 0 aliphatic heterocycles. The predicted octanol–water partition coefficient (Wildman–Crippen LogP) is 6.61. The van der Waals surface area contributed by atoms with Gasteiger partial charge in [0.25, 0.3) is 0 Å². The lowest BCUT2D eigenvalue weighted by molar-refractivity contribution is 0.286. The predicted molar refractivity (Wildman–Crippen MR) is 111 cm³/mol. The highest BCUT2D eigenvalue weighted by Gasteiger charge is 2.29. The van der Waals surface area contributed by atoms with Gasteiger partial charge < -0.3 is 4.98 Å². The third-order valence-corrected chi connectivity index (χ3v) is 6.63. The van der Waals surface area contributed by atoms with Gasteiger partial charge in [-0.25, -0.2) is 18.2 Å². The average molecular weight is 409 g/mol. The second kappa shape index (κ2) is 7.42. The van der Waals surface area contributed by atoms with Gasteiger partial charge in [0.05, 0.1) is 16.6 Å². The molecule has 30 heavy (non-hydrogen) atoms. The summed E-state index contributed by atoms with van der Waals surface area (Å²) < 4.78 is 40.8. The van der Waals surface area contributed by atoms with Gasteiger partial charge >= 0.3 is 0 Å². The van der Waals surface area contributed by atoms with Crippen molar-refractivity contribution in [3.05, 3.63) is 71.4 Å². The molecule has 2 aromatic carbocycles. The van der Waals surface area contributed by atoms with Crippen LogP contribution in [0, 0.1) is 23.4 Å². The minimum absolute atomic E-state index is 0.163. The van der Waals surface area contributed by atoms with Gasteiger partial charge in [0.2, 0.25) is 0 Å². The van der Waals surface area contributed by atoms with Crippen molar-refractivity contribution in [1.29, 1.82) is 0 Å². The molecule has 1 aliphatic carbocycles. The number of H-pyrrole nitrogens is 1. The van der Waals surface area contributed by atoms with Crippen LogP contribution in [-0.4, -0.2) is 15.0 Å². The molecular formula is C24H22F3N3. The van der Waals surface area contributed by atoms with E-state index in [1.165, 1.54) is 17.7 Å². The number of aromatic amines is 1. The van der Waals surface area contributed by atoms with Crippen molar-refractivity contribution >= 4 is 21.9 Å². The van der Waals surface area contributed by atoms with Gasteiger partial charge in [0.15, 0.2) is 11.6 Å². The number of halogens is 3. The Morgan fingerprint density at radius 1 is 0.933 bits per heavy atom. The number of nitrogens with one attached hydrogen (secondary N) is 1. The zero-order chi connectivity index (χ0) is 20.8. The summed E-state index contributed by atoms with van der Waals surface area (Å²) >= 11 is 0. The fourth-order valence-corrected chi connectivity index (χ4v) is 4.89. The summed E-state index contributed by atoms with van der Waals surface area (Å²) in [7, 11) is 0. The van der Waals surface area contributed by atoms with E-state index in [4.69, 9.17) is 0 Å². The lowest BCUT2D eigenvalue weighted by Gasteiger charge is -2.32. The SMILES string of the molecule is C[C@@H](c1nc2cc(F)c(F)cc2[nH]1)[C@H]1CC[C@H](c2ccnc3ccc(F)cc32)CC1. The molecule has 6 heteroatoms. The van der Waals surface area contributed by atoms with Crippen LogP contribution in [0.3, 0.4) is 0 Å². The first-order valence-electron chi connectivity index (χ1n) is 10.4. The number of benzene rings is 2. The van der Waals surface area contributed by atoms with E-state index in [1.807, 2.05) is 6.07 Å². The number of hydrogen-bond acceptors (Lipinski definition) is 2. The second-order valence-electron chi connectivity index (χ2n) is 8.37. The third-order valence-electron chi connectivity index (χ3n) is 6.63. The van der Waals surface area contributed by atoms with Crippen molar-refractivity contribution in [2.75, 3.05) is 0 Å². The van der Waals surface area contributed by atoms with Crippen LogP contribution in [0.4, 0.5) is 13.2 Å². The van der Waals surface area contributed by atoms with E-state index in [0.717, 1.165) is 48.5 Å². The molecule has 0 amide bonds.